The van der Waals surface area contributed by atoms with Crippen molar-refractivity contribution in [3.63, 3.8) is 0 Å². The van der Waals surface area contributed by atoms with Crippen molar-refractivity contribution in [3.05, 3.63) is 34.9 Å². The minimum Gasteiger partial charge on any atom is -0.369 e. The van der Waals surface area contributed by atoms with Crippen molar-refractivity contribution in [2.45, 2.75) is 33.4 Å². The summed E-state index contributed by atoms with van der Waals surface area (Å²) in [6, 6.07) is 5.57. The predicted molar refractivity (Wildman–Crippen MR) is 78.7 cm³/mol. The van der Waals surface area contributed by atoms with E-state index in [0.717, 1.165) is 11.1 Å². The number of aryl methyl sites for hydroxylation is 2. The predicted octanol–water partition coefficient (Wildman–Crippen LogP) is 3.10. The van der Waals surface area contributed by atoms with Gasteiger partial charge in [0.05, 0.1) is 13.2 Å². The molecule has 5 nitrogen and oxygen atoms in total. The van der Waals surface area contributed by atoms with Crippen LogP contribution in [0.3, 0.4) is 0 Å². The highest BCUT2D eigenvalue weighted by atomic mass is 31.2. The van der Waals surface area contributed by atoms with Gasteiger partial charge in [-0.2, -0.15) is 0 Å². The van der Waals surface area contributed by atoms with Crippen LogP contribution < -0.4 is 5.73 Å². The van der Waals surface area contributed by atoms with Gasteiger partial charge >= 0.3 is 7.60 Å². The molecule has 1 aromatic rings. The number of carbonyl (C=O) groups excluding carboxylic acids is 1. The normalized spacial score (nSPS) is 13.2. The maximum atomic E-state index is 12.9. The van der Waals surface area contributed by atoms with E-state index in [9.17, 15) is 9.36 Å². The first-order valence-electron chi connectivity index (χ1n) is 6.61. The molecule has 0 aliphatic rings. The summed E-state index contributed by atoms with van der Waals surface area (Å²) in [6.07, 6.45) is 0. The average Bonchev–Trinajstić information content (AvgIpc) is 2.33. The first-order chi connectivity index (χ1) is 9.37. The Hall–Kier alpha value is -1.16. The van der Waals surface area contributed by atoms with Crippen molar-refractivity contribution in [2.24, 2.45) is 5.73 Å². The zero-order valence-electron chi connectivity index (χ0n) is 12.4. The molecule has 0 radical (unpaired) electrons. The van der Waals surface area contributed by atoms with Gasteiger partial charge in [0.25, 0.3) is 0 Å². The first-order valence-corrected chi connectivity index (χ1v) is 8.22. The molecule has 1 rings (SSSR count). The lowest BCUT2D eigenvalue weighted by Gasteiger charge is -2.26. The van der Waals surface area contributed by atoms with Crippen molar-refractivity contribution in [2.75, 3.05) is 13.2 Å². The Morgan fingerprint density at radius 3 is 2.00 bits per heavy atom. The summed E-state index contributed by atoms with van der Waals surface area (Å²) in [5.41, 5.74) is 6.71. The standard InChI is InChI=1S/C14H22NO4P/c1-5-18-20(17,19-6-2)13(14(15)16)12-10(3)8-7-9-11(12)4/h7-9,13H,5-6H2,1-4H3,(H2,15,16). The van der Waals surface area contributed by atoms with E-state index in [4.69, 9.17) is 14.8 Å². The topological polar surface area (TPSA) is 78.6 Å². The fourth-order valence-corrected chi connectivity index (χ4v) is 4.39. The molecule has 1 amide bonds. The quantitative estimate of drug-likeness (QED) is 0.785. The summed E-state index contributed by atoms with van der Waals surface area (Å²) in [6.45, 7) is 7.47. The number of primary amides is 1. The monoisotopic (exact) mass is 299 g/mol. The van der Waals surface area contributed by atoms with Crippen LogP contribution in [0, 0.1) is 13.8 Å². The van der Waals surface area contributed by atoms with E-state index in [1.165, 1.54) is 0 Å². The van der Waals surface area contributed by atoms with E-state index in [1.54, 1.807) is 13.8 Å². The van der Waals surface area contributed by atoms with Crippen LogP contribution in [-0.2, 0) is 18.4 Å². The Bertz CT molecular complexity index is 500. The van der Waals surface area contributed by atoms with Crippen molar-refractivity contribution in [3.8, 4) is 0 Å². The molecule has 0 saturated heterocycles. The molecule has 0 saturated carbocycles. The van der Waals surface area contributed by atoms with Crippen LogP contribution in [-0.4, -0.2) is 19.1 Å². The molecule has 6 heteroatoms. The van der Waals surface area contributed by atoms with Crippen LogP contribution in [0.1, 0.15) is 36.2 Å². The van der Waals surface area contributed by atoms with Crippen LogP contribution in [0.4, 0.5) is 0 Å². The van der Waals surface area contributed by atoms with Gasteiger partial charge in [0, 0.05) is 0 Å². The van der Waals surface area contributed by atoms with E-state index >= 15 is 0 Å². The van der Waals surface area contributed by atoms with E-state index in [-0.39, 0.29) is 13.2 Å². The fourth-order valence-electron chi connectivity index (χ4n) is 2.26. The zero-order valence-corrected chi connectivity index (χ0v) is 13.3. The van der Waals surface area contributed by atoms with E-state index in [0.29, 0.717) is 5.56 Å². The second kappa shape index (κ2) is 7.02. The molecule has 20 heavy (non-hydrogen) atoms. The Labute approximate surface area is 120 Å². The molecule has 2 N–H and O–H groups in total. The van der Waals surface area contributed by atoms with Gasteiger partial charge in [0.2, 0.25) is 5.91 Å². The maximum Gasteiger partial charge on any atom is 0.347 e. The number of nitrogens with two attached hydrogens (primary N) is 1. The van der Waals surface area contributed by atoms with Crippen molar-refractivity contribution < 1.29 is 18.4 Å². The van der Waals surface area contributed by atoms with E-state index < -0.39 is 19.2 Å². The van der Waals surface area contributed by atoms with Gasteiger partial charge in [-0.15, -0.1) is 0 Å². The van der Waals surface area contributed by atoms with Crippen LogP contribution >= 0.6 is 7.60 Å². The highest BCUT2D eigenvalue weighted by molar-refractivity contribution is 7.55. The Morgan fingerprint density at radius 2 is 1.65 bits per heavy atom. The number of rotatable bonds is 7. The molecule has 0 aliphatic heterocycles. The third-order valence-corrected chi connectivity index (χ3v) is 5.40. The molecular formula is C14H22NO4P. The minimum absolute atomic E-state index is 0.186. The average molecular weight is 299 g/mol. The molecule has 0 aliphatic carbocycles. The number of hydrogen-bond donors (Lipinski definition) is 1. The molecule has 1 unspecified atom stereocenters. The van der Waals surface area contributed by atoms with Crippen LogP contribution in [0.25, 0.3) is 0 Å². The largest absolute Gasteiger partial charge is 0.369 e. The van der Waals surface area contributed by atoms with Crippen molar-refractivity contribution in [1.29, 1.82) is 0 Å². The summed E-state index contributed by atoms with van der Waals surface area (Å²) < 4.78 is 23.5. The highest BCUT2D eigenvalue weighted by Crippen LogP contribution is 2.61. The van der Waals surface area contributed by atoms with Crippen molar-refractivity contribution in [1.82, 2.24) is 0 Å². The summed E-state index contributed by atoms with van der Waals surface area (Å²) in [5, 5.41) is 0. The fraction of sp³-hybridized carbons (Fsp3) is 0.500. The molecule has 0 bridgehead atoms. The third-order valence-electron chi connectivity index (χ3n) is 3.02. The van der Waals surface area contributed by atoms with Gasteiger partial charge in [-0.3, -0.25) is 9.36 Å². The van der Waals surface area contributed by atoms with Gasteiger partial charge in [0.1, 0.15) is 0 Å². The van der Waals surface area contributed by atoms with Gasteiger partial charge in [-0.05, 0) is 44.4 Å². The molecule has 1 atom stereocenters. The maximum absolute atomic E-state index is 12.9. The molecule has 0 fully saturated rings. The van der Waals surface area contributed by atoms with Crippen LogP contribution in [0.2, 0.25) is 0 Å². The smallest absolute Gasteiger partial charge is 0.347 e. The molecule has 1 aromatic carbocycles. The number of hydrogen-bond acceptors (Lipinski definition) is 4. The molecular weight excluding hydrogens is 277 g/mol. The van der Waals surface area contributed by atoms with Crippen LogP contribution in [0.15, 0.2) is 18.2 Å². The molecule has 0 heterocycles. The van der Waals surface area contributed by atoms with Crippen LogP contribution in [0.5, 0.6) is 0 Å². The minimum atomic E-state index is -3.64. The second-order valence-corrected chi connectivity index (χ2v) is 6.60. The Kier molecular flexibility index (Phi) is 5.93. The number of carbonyl (C=O) groups is 1. The summed E-state index contributed by atoms with van der Waals surface area (Å²) in [5.74, 6) is -0.701. The van der Waals surface area contributed by atoms with Crippen molar-refractivity contribution >= 4 is 13.5 Å². The van der Waals surface area contributed by atoms with E-state index in [1.807, 2.05) is 32.0 Å². The first kappa shape index (κ1) is 16.9. The summed E-state index contributed by atoms with van der Waals surface area (Å²) in [4.78, 5) is 11.9. The molecule has 0 spiro atoms. The number of benzene rings is 1. The molecule has 0 aromatic heterocycles. The summed E-state index contributed by atoms with van der Waals surface area (Å²) in [7, 11) is -3.64. The van der Waals surface area contributed by atoms with E-state index in [2.05, 4.69) is 0 Å². The molecule has 112 valence electrons. The lowest BCUT2D eigenvalue weighted by molar-refractivity contribution is -0.118. The summed E-state index contributed by atoms with van der Waals surface area (Å²) >= 11 is 0. The number of amides is 1. The second-order valence-electron chi connectivity index (χ2n) is 4.49. The zero-order chi connectivity index (χ0) is 15.3. The van der Waals surface area contributed by atoms with Gasteiger partial charge in [0.15, 0.2) is 5.66 Å². The SMILES string of the molecule is CCOP(=O)(OCC)C(C(N)=O)c1c(C)cccc1C. The van der Waals surface area contributed by atoms with Gasteiger partial charge in [-0.1, -0.05) is 18.2 Å². The highest BCUT2D eigenvalue weighted by Gasteiger charge is 2.42. The lowest BCUT2D eigenvalue weighted by Crippen LogP contribution is -2.25. The third kappa shape index (κ3) is 3.48. The van der Waals surface area contributed by atoms with Gasteiger partial charge in [-0.25, -0.2) is 0 Å². The lowest BCUT2D eigenvalue weighted by atomic mass is 9.99. The Morgan fingerprint density at radius 1 is 1.20 bits per heavy atom. The Balaban J connectivity index is 3.44. The van der Waals surface area contributed by atoms with Gasteiger partial charge < -0.3 is 14.8 Å².